The van der Waals surface area contributed by atoms with E-state index in [1.165, 1.54) is 4.90 Å². The zero-order valence-electron chi connectivity index (χ0n) is 22.1. The molecule has 210 valence electrons. The van der Waals surface area contributed by atoms with Gasteiger partial charge in [0, 0.05) is 24.9 Å². The van der Waals surface area contributed by atoms with Crippen LogP contribution in [0, 0.1) is 11.8 Å². The fourth-order valence-electron chi connectivity index (χ4n) is 4.42. The first-order chi connectivity index (χ1) is 18.6. The number of carbonyl (C=O) groups is 5. The zero-order valence-corrected chi connectivity index (χ0v) is 22.1. The summed E-state index contributed by atoms with van der Waals surface area (Å²) in [5.41, 5.74) is 1.40. The molecule has 2 aromatic rings. The number of hydrogen-bond acceptors (Lipinski definition) is 8. The maximum atomic E-state index is 13.3. The molecule has 4 atom stereocenters. The van der Waals surface area contributed by atoms with Crippen molar-refractivity contribution < 1.29 is 29.1 Å². The van der Waals surface area contributed by atoms with Gasteiger partial charge in [0.05, 0.1) is 13.1 Å². The van der Waals surface area contributed by atoms with E-state index in [0.29, 0.717) is 24.4 Å². The van der Waals surface area contributed by atoms with Gasteiger partial charge < -0.3 is 21.1 Å². The van der Waals surface area contributed by atoms with Crippen LogP contribution in [0.5, 0.6) is 0 Å². The van der Waals surface area contributed by atoms with E-state index in [-0.39, 0.29) is 31.8 Å². The average Bonchev–Trinajstić information content (AvgIpc) is 3.55. The maximum Gasteiger partial charge on any atom is 0.303 e. The second-order valence-electron chi connectivity index (χ2n) is 9.71. The van der Waals surface area contributed by atoms with Crippen molar-refractivity contribution in [3.8, 4) is 0 Å². The van der Waals surface area contributed by atoms with Gasteiger partial charge in [0.15, 0.2) is 5.82 Å². The number of aromatic amines is 1. The molecule has 0 aliphatic carbocycles. The summed E-state index contributed by atoms with van der Waals surface area (Å²) in [5.74, 6) is -3.23. The summed E-state index contributed by atoms with van der Waals surface area (Å²) in [6, 6.07) is 5.41. The summed E-state index contributed by atoms with van der Waals surface area (Å²) in [6.45, 7) is 4.96. The van der Waals surface area contributed by atoms with Gasteiger partial charge in [-0.3, -0.25) is 28.9 Å². The molecule has 14 nitrogen and oxygen atoms in total. The van der Waals surface area contributed by atoms with E-state index < -0.39 is 47.6 Å². The van der Waals surface area contributed by atoms with Crippen LogP contribution in [0.25, 0.3) is 0 Å². The van der Waals surface area contributed by atoms with Crippen LogP contribution in [0.4, 0.5) is 5.69 Å². The number of carbonyl (C=O) groups excluding carboxylic acids is 4. The van der Waals surface area contributed by atoms with Crippen molar-refractivity contribution in [1.82, 2.24) is 36.6 Å². The largest absolute Gasteiger partial charge is 0.481 e. The number of benzene rings is 1. The third-order valence-corrected chi connectivity index (χ3v) is 6.64. The predicted octanol–water partition coefficient (Wildman–Crippen LogP) is -0.0782. The monoisotopic (exact) mass is 542 g/mol. The Morgan fingerprint density at radius 3 is 2.54 bits per heavy atom. The Bertz CT molecular complexity index is 1190. The van der Waals surface area contributed by atoms with Crippen LogP contribution in [0.3, 0.4) is 0 Å². The molecule has 14 heteroatoms. The number of nitrogens with zero attached hydrogens (tertiary/aromatic N) is 4. The van der Waals surface area contributed by atoms with Gasteiger partial charge >= 0.3 is 5.97 Å². The number of para-hydroxylation sites is 1. The number of amides is 4. The second-order valence-corrected chi connectivity index (χ2v) is 9.71. The molecule has 3 unspecified atom stereocenters. The third kappa shape index (κ3) is 7.82. The highest BCUT2D eigenvalue weighted by molar-refractivity contribution is 6.05. The van der Waals surface area contributed by atoms with Crippen LogP contribution in [0.2, 0.25) is 0 Å². The number of nitrogens with one attached hydrogen (secondary N) is 4. The predicted molar refractivity (Wildman–Crippen MR) is 138 cm³/mol. The topological polar surface area (TPSA) is 199 Å². The molecule has 1 aromatic heterocycles. The fraction of sp³-hybridized carbons (Fsp3) is 0.520. The van der Waals surface area contributed by atoms with E-state index in [9.17, 15) is 24.0 Å². The number of carboxylic acid groups (broad SMARTS) is 1. The van der Waals surface area contributed by atoms with E-state index in [2.05, 4.69) is 36.6 Å². The van der Waals surface area contributed by atoms with Gasteiger partial charge in [-0.1, -0.05) is 50.6 Å². The first-order valence-electron chi connectivity index (χ1n) is 12.8. The number of aliphatic carboxylic acids is 1. The Morgan fingerprint density at radius 2 is 1.87 bits per heavy atom. The first-order valence-corrected chi connectivity index (χ1v) is 12.8. The molecule has 0 bridgehead atoms. The average molecular weight is 543 g/mol. The van der Waals surface area contributed by atoms with Crippen molar-refractivity contribution in [2.45, 2.75) is 65.1 Å². The molecule has 0 radical (unpaired) electrons. The van der Waals surface area contributed by atoms with Crippen LogP contribution < -0.4 is 20.9 Å². The Labute approximate surface area is 225 Å². The summed E-state index contributed by atoms with van der Waals surface area (Å²) in [7, 11) is 0. The highest BCUT2D eigenvalue weighted by Gasteiger charge is 2.38. The zero-order chi connectivity index (χ0) is 28.5. The highest BCUT2D eigenvalue weighted by Crippen LogP contribution is 2.32. The molecule has 4 amide bonds. The standard InChI is InChI=1S/C25H34N8O6/c1-4-15(3)23(28-20(34)9-14(2)10-22(36)37)25(39)27-13-21(35)33-17-8-6-5-7-16(17)11-18(33)24(38)26-12-19-29-31-32-30-19/h5-8,14-15,18,23H,4,9-13H2,1-3H3,(H,26,38)(H,27,39)(H,28,34)(H,36,37)(H,29,30,31,32)/t14?,15?,18-,23?/m0/s1. The second kappa shape index (κ2) is 13.4. The van der Waals surface area contributed by atoms with E-state index in [1.807, 2.05) is 19.1 Å². The molecule has 39 heavy (non-hydrogen) atoms. The Kier molecular flexibility index (Phi) is 10.1. The summed E-state index contributed by atoms with van der Waals surface area (Å²) in [5, 5.41) is 30.3. The Morgan fingerprint density at radius 1 is 1.13 bits per heavy atom. The molecule has 0 saturated carbocycles. The van der Waals surface area contributed by atoms with E-state index in [4.69, 9.17) is 5.11 Å². The van der Waals surface area contributed by atoms with Crippen molar-refractivity contribution in [1.29, 1.82) is 0 Å². The fourth-order valence-corrected chi connectivity index (χ4v) is 4.42. The quantitative estimate of drug-likeness (QED) is 0.230. The van der Waals surface area contributed by atoms with Crippen molar-refractivity contribution >= 4 is 35.3 Å². The summed E-state index contributed by atoms with van der Waals surface area (Å²) in [6.07, 6.45) is 0.674. The lowest BCUT2D eigenvalue weighted by Crippen LogP contribution is -2.54. The molecule has 5 N–H and O–H groups in total. The lowest BCUT2D eigenvalue weighted by atomic mass is 9.97. The van der Waals surface area contributed by atoms with Crippen molar-refractivity contribution in [2.24, 2.45) is 11.8 Å². The number of rotatable bonds is 13. The van der Waals surface area contributed by atoms with Gasteiger partial charge in [0.25, 0.3) is 0 Å². The van der Waals surface area contributed by atoms with Gasteiger partial charge in [-0.25, -0.2) is 0 Å². The Balaban J connectivity index is 1.65. The van der Waals surface area contributed by atoms with Gasteiger partial charge in [-0.05, 0) is 23.5 Å². The minimum absolute atomic E-state index is 0.0301. The molecular weight excluding hydrogens is 508 g/mol. The molecule has 0 fully saturated rings. The maximum absolute atomic E-state index is 13.3. The SMILES string of the molecule is CCC(C)C(NC(=O)CC(C)CC(=O)O)C(=O)NCC(=O)N1c2ccccc2C[C@H]1C(=O)NCc1nn[nH]n1. The molecule has 1 aliphatic heterocycles. The van der Waals surface area contributed by atoms with Gasteiger partial charge in [-0.2, -0.15) is 5.21 Å². The van der Waals surface area contributed by atoms with E-state index in [0.717, 1.165) is 5.56 Å². The highest BCUT2D eigenvalue weighted by atomic mass is 16.4. The molecule has 0 saturated heterocycles. The minimum Gasteiger partial charge on any atom is -0.481 e. The van der Waals surface area contributed by atoms with Gasteiger partial charge in [-0.15, -0.1) is 10.2 Å². The third-order valence-electron chi connectivity index (χ3n) is 6.64. The number of aromatic nitrogens is 4. The lowest BCUT2D eigenvalue weighted by Gasteiger charge is -2.27. The van der Waals surface area contributed by atoms with E-state index >= 15 is 0 Å². The molecule has 1 aromatic carbocycles. The smallest absolute Gasteiger partial charge is 0.303 e. The summed E-state index contributed by atoms with van der Waals surface area (Å²) in [4.78, 5) is 64.2. The van der Waals surface area contributed by atoms with Gasteiger partial charge in [0.1, 0.15) is 12.1 Å². The molecule has 2 heterocycles. The molecular formula is C25H34N8O6. The summed E-state index contributed by atoms with van der Waals surface area (Å²) < 4.78 is 0. The van der Waals surface area contributed by atoms with Crippen LogP contribution in [0.1, 0.15) is 51.4 Å². The van der Waals surface area contributed by atoms with Crippen LogP contribution in [-0.4, -0.2) is 74.0 Å². The number of carboxylic acids is 1. The van der Waals surface area contributed by atoms with Gasteiger partial charge in [0.2, 0.25) is 23.6 Å². The molecule has 1 aliphatic rings. The number of fused-ring (bicyclic) bond motifs is 1. The van der Waals surface area contributed by atoms with Crippen molar-refractivity contribution in [3.05, 3.63) is 35.7 Å². The summed E-state index contributed by atoms with van der Waals surface area (Å²) >= 11 is 0. The number of anilines is 1. The van der Waals surface area contributed by atoms with Crippen molar-refractivity contribution in [2.75, 3.05) is 11.4 Å². The Hall–Kier alpha value is -4.36. The molecule has 3 rings (SSSR count). The number of tetrazole rings is 1. The minimum atomic E-state index is -1.00. The lowest BCUT2D eigenvalue weighted by molar-refractivity contribution is -0.138. The van der Waals surface area contributed by atoms with Crippen LogP contribution in [0.15, 0.2) is 24.3 Å². The van der Waals surface area contributed by atoms with Crippen molar-refractivity contribution in [3.63, 3.8) is 0 Å². The van der Waals surface area contributed by atoms with Crippen LogP contribution in [-0.2, 0) is 36.9 Å². The normalized spacial score (nSPS) is 16.5. The number of hydrogen-bond donors (Lipinski definition) is 5. The first kappa shape index (κ1) is 29.2. The van der Waals surface area contributed by atoms with E-state index in [1.54, 1.807) is 26.0 Å². The number of H-pyrrole nitrogens is 1. The van der Waals surface area contributed by atoms with Crippen LogP contribution >= 0.6 is 0 Å². The molecule has 0 spiro atoms.